The maximum Gasteiger partial charge on any atom is 0.211 e. The van der Waals surface area contributed by atoms with Gasteiger partial charge in [-0.3, -0.25) is 0 Å². The second-order valence-electron chi connectivity index (χ2n) is 4.27. The van der Waals surface area contributed by atoms with Crippen LogP contribution in [0, 0.1) is 0 Å². The minimum absolute atomic E-state index is 0.637. The Bertz CT molecular complexity index is 230. The van der Waals surface area contributed by atoms with Gasteiger partial charge in [-0.2, -0.15) is 0 Å². The zero-order chi connectivity index (χ0) is 11.9. The Kier molecular flexibility index (Phi) is 5.77. The van der Waals surface area contributed by atoms with Gasteiger partial charge in [0.2, 0.25) is 5.79 Å². The van der Waals surface area contributed by atoms with Crippen molar-refractivity contribution < 1.29 is 14.7 Å². The van der Waals surface area contributed by atoms with Crippen molar-refractivity contribution in [3.63, 3.8) is 0 Å². The van der Waals surface area contributed by atoms with E-state index in [1.807, 2.05) is 0 Å². The summed E-state index contributed by atoms with van der Waals surface area (Å²) in [5, 5.41) is 12.3. The van der Waals surface area contributed by atoms with Crippen molar-refractivity contribution in [1.82, 2.24) is 0 Å². The average molecular weight is 229 g/mol. The van der Waals surface area contributed by atoms with Crippen LogP contribution in [-0.4, -0.2) is 30.4 Å². The summed E-state index contributed by atoms with van der Waals surface area (Å²) in [6, 6.07) is 0. The van der Waals surface area contributed by atoms with Gasteiger partial charge in [0.1, 0.15) is 5.71 Å². The van der Waals surface area contributed by atoms with Gasteiger partial charge in [0.05, 0.1) is 6.61 Å². The van der Waals surface area contributed by atoms with E-state index in [0.717, 1.165) is 38.5 Å². The molecule has 0 spiro atoms. The highest BCUT2D eigenvalue weighted by Gasteiger charge is 2.39. The first-order chi connectivity index (χ1) is 7.79. The van der Waals surface area contributed by atoms with Crippen molar-refractivity contribution in [2.45, 2.75) is 57.7 Å². The number of oxime groups is 1. The van der Waals surface area contributed by atoms with Crippen LogP contribution < -0.4 is 0 Å². The van der Waals surface area contributed by atoms with Gasteiger partial charge in [-0.05, 0) is 25.7 Å². The van der Waals surface area contributed by atoms with Gasteiger partial charge in [-0.25, -0.2) is 0 Å². The van der Waals surface area contributed by atoms with Crippen LogP contribution in [0.5, 0.6) is 0 Å². The van der Waals surface area contributed by atoms with E-state index in [-0.39, 0.29) is 0 Å². The summed E-state index contributed by atoms with van der Waals surface area (Å²) in [5.41, 5.74) is 0.637. The Morgan fingerprint density at radius 2 is 2.19 bits per heavy atom. The quantitative estimate of drug-likeness (QED) is 0.330. The zero-order valence-corrected chi connectivity index (χ0v) is 10.4. The van der Waals surface area contributed by atoms with Crippen molar-refractivity contribution in [2.24, 2.45) is 5.16 Å². The van der Waals surface area contributed by atoms with Crippen molar-refractivity contribution in [2.75, 3.05) is 13.7 Å². The Labute approximate surface area is 97.6 Å². The number of rotatable bonds is 6. The molecule has 0 saturated heterocycles. The predicted molar refractivity (Wildman–Crippen MR) is 62.9 cm³/mol. The number of ether oxygens (including phenoxy) is 2. The molecule has 1 unspecified atom stereocenters. The highest BCUT2D eigenvalue weighted by molar-refractivity contribution is 5.91. The summed E-state index contributed by atoms with van der Waals surface area (Å²) < 4.78 is 11.3. The second-order valence-corrected chi connectivity index (χ2v) is 4.27. The molecule has 0 bridgehead atoms. The topological polar surface area (TPSA) is 51.0 Å². The Hall–Kier alpha value is -0.610. The van der Waals surface area contributed by atoms with Crippen molar-refractivity contribution in [3.05, 3.63) is 0 Å². The van der Waals surface area contributed by atoms with E-state index in [1.165, 1.54) is 6.42 Å². The summed E-state index contributed by atoms with van der Waals surface area (Å²) in [6.07, 6.45) is 7.01. The van der Waals surface area contributed by atoms with Crippen LogP contribution >= 0.6 is 0 Å². The Balaban J connectivity index is 2.52. The summed E-state index contributed by atoms with van der Waals surface area (Å²) in [6.45, 7) is 2.83. The van der Waals surface area contributed by atoms with Gasteiger partial charge in [-0.1, -0.05) is 24.9 Å². The van der Waals surface area contributed by atoms with E-state index >= 15 is 0 Å². The Morgan fingerprint density at radius 1 is 1.38 bits per heavy atom. The molecule has 1 aliphatic carbocycles. The molecule has 1 N–H and O–H groups in total. The van der Waals surface area contributed by atoms with Crippen LogP contribution in [0.1, 0.15) is 51.9 Å². The molecule has 0 amide bonds. The van der Waals surface area contributed by atoms with E-state index in [1.54, 1.807) is 7.11 Å². The van der Waals surface area contributed by atoms with Crippen LogP contribution in [0.3, 0.4) is 0 Å². The first-order valence-corrected chi connectivity index (χ1v) is 6.19. The third kappa shape index (κ3) is 3.19. The molecule has 0 heterocycles. The molecular weight excluding hydrogens is 206 g/mol. The number of hydrogen-bond donors (Lipinski definition) is 1. The molecule has 4 heteroatoms. The largest absolute Gasteiger partial charge is 0.411 e. The molecule has 1 aliphatic rings. The molecule has 1 atom stereocenters. The SMILES string of the molecule is CCCCCOC1(OC)CCCCC1=NO. The molecule has 0 aromatic rings. The molecule has 0 radical (unpaired) electrons. The molecule has 1 rings (SSSR count). The summed E-state index contributed by atoms with van der Waals surface area (Å²) in [5.74, 6) is -0.763. The molecule has 0 aromatic heterocycles. The molecule has 1 fully saturated rings. The van der Waals surface area contributed by atoms with E-state index < -0.39 is 5.79 Å². The smallest absolute Gasteiger partial charge is 0.211 e. The Morgan fingerprint density at radius 3 is 2.81 bits per heavy atom. The fourth-order valence-electron chi connectivity index (χ4n) is 2.13. The zero-order valence-electron chi connectivity index (χ0n) is 10.4. The summed E-state index contributed by atoms with van der Waals surface area (Å²) >= 11 is 0. The highest BCUT2D eigenvalue weighted by atomic mass is 16.7. The van der Waals surface area contributed by atoms with Crippen LogP contribution in [0.4, 0.5) is 0 Å². The third-order valence-corrected chi connectivity index (χ3v) is 3.14. The van der Waals surface area contributed by atoms with Crippen molar-refractivity contribution in [1.29, 1.82) is 0 Å². The van der Waals surface area contributed by atoms with Crippen LogP contribution in [0.25, 0.3) is 0 Å². The third-order valence-electron chi connectivity index (χ3n) is 3.14. The number of hydrogen-bond acceptors (Lipinski definition) is 4. The minimum Gasteiger partial charge on any atom is -0.411 e. The second kappa shape index (κ2) is 6.86. The van der Waals surface area contributed by atoms with Crippen molar-refractivity contribution >= 4 is 5.71 Å². The molecule has 0 aliphatic heterocycles. The monoisotopic (exact) mass is 229 g/mol. The molecule has 4 nitrogen and oxygen atoms in total. The van der Waals surface area contributed by atoms with Gasteiger partial charge >= 0.3 is 0 Å². The van der Waals surface area contributed by atoms with E-state index in [0.29, 0.717) is 12.3 Å². The average Bonchev–Trinajstić information content (AvgIpc) is 2.35. The van der Waals surface area contributed by atoms with Crippen LogP contribution in [-0.2, 0) is 9.47 Å². The maximum atomic E-state index is 8.99. The fraction of sp³-hybridized carbons (Fsp3) is 0.917. The standard InChI is InChI=1S/C12H23NO3/c1-3-4-7-10-16-12(15-2)9-6-5-8-11(12)13-14/h14H,3-10H2,1-2H3. The van der Waals surface area contributed by atoms with Gasteiger partial charge in [0, 0.05) is 13.5 Å². The highest BCUT2D eigenvalue weighted by Crippen LogP contribution is 2.30. The lowest BCUT2D eigenvalue weighted by molar-refractivity contribution is -0.183. The lowest BCUT2D eigenvalue weighted by Crippen LogP contribution is -2.46. The van der Waals surface area contributed by atoms with Gasteiger partial charge in [0.15, 0.2) is 0 Å². The molecule has 16 heavy (non-hydrogen) atoms. The lowest BCUT2D eigenvalue weighted by atomic mass is 9.92. The first-order valence-electron chi connectivity index (χ1n) is 6.19. The fourth-order valence-corrected chi connectivity index (χ4v) is 2.13. The van der Waals surface area contributed by atoms with Crippen LogP contribution in [0.15, 0.2) is 5.16 Å². The summed E-state index contributed by atoms with van der Waals surface area (Å²) in [4.78, 5) is 0. The maximum absolute atomic E-state index is 8.99. The van der Waals surface area contributed by atoms with Crippen LogP contribution in [0.2, 0.25) is 0 Å². The summed E-state index contributed by atoms with van der Waals surface area (Å²) in [7, 11) is 1.62. The van der Waals surface area contributed by atoms with E-state index in [4.69, 9.17) is 14.7 Å². The molecular formula is C12H23NO3. The van der Waals surface area contributed by atoms with E-state index in [2.05, 4.69) is 12.1 Å². The predicted octanol–water partition coefficient (Wildman–Crippen LogP) is 2.94. The van der Waals surface area contributed by atoms with E-state index in [9.17, 15) is 0 Å². The normalized spacial score (nSPS) is 28.5. The molecule has 1 saturated carbocycles. The van der Waals surface area contributed by atoms with Crippen molar-refractivity contribution in [3.8, 4) is 0 Å². The molecule has 94 valence electrons. The van der Waals surface area contributed by atoms with Gasteiger partial charge in [-0.15, -0.1) is 0 Å². The molecule has 0 aromatic carbocycles. The van der Waals surface area contributed by atoms with Gasteiger partial charge < -0.3 is 14.7 Å². The number of nitrogens with zero attached hydrogens (tertiary/aromatic N) is 1. The number of unbranched alkanes of at least 4 members (excludes halogenated alkanes) is 2. The van der Waals surface area contributed by atoms with Gasteiger partial charge in [0.25, 0.3) is 0 Å². The first kappa shape index (κ1) is 13.5. The number of methoxy groups -OCH3 is 1. The lowest BCUT2D eigenvalue weighted by Gasteiger charge is -2.36. The minimum atomic E-state index is -0.763.